The van der Waals surface area contributed by atoms with Crippen LogP contribution in [0.3, 0.4) is 0 Å². The summed E-state index contributed by atoms with van der Waals surface area (Å²) in [7, 11) is 0. The Balaban J connectivity index is 2.44. The van der Waals surface area contributed by atoms with Gasteiger partial charge in [0.05, 0.1) is 0 Å². The average molecular weight is 181 g/mol. The van der Waals surface area contributed by atoms with Gasteiger partial charge in [-0.25, -0.2) is 0 Å². The van der Waals surface area contributed by atoms with Crippen molar-refractivity contribution < 1.29 is 0 Å². The van der Waals surface area contributed by atoms with E-state index in [1.54, 1.807) is 0 Å². The van der Waals surface area contributed by atoms with E-state index in [2.05, 4.69) is 9.82 Å². The number of para-hydroxylation sites is 1. The molecule has 4 heteroatoms. The number of hydrogen-bond donors (Lipinski definition) is 2. The number of nitrogens with zero attached hydrogens (tertiary/aromatic N) is 1. The summed E-state index contributed by atoms with van der Waals surface area (Å²) in [5, 5.41) is 4.33. The molecule has 1 aromatic carbocycles. The van der Waals surface area contributed by atoms with Crippen molar-refractivity contribution in [1.82, 2.24) is 0 Å². The van der Waals surface area contributed by atoms with Gasteiger partial charge < -0.3 is 10.6 Å². The van der Waals surface area contributed by atoms with Crippen LogP contribution in [0, 0.1) is 0 Å². The summed E-state index contributed by atoms with van der Waals surface area (Å²) in [6, 6.07) is 9.88. The zero-order valence-electron chi connectivity index (χ0n) is 6.82. The van der Waals surface area contributed by atoms with Gasteiger partial charge in [0, 0.05) is 17.6 Å². The van der Waals surface area contributed by atoms with E-state index in [4.69, 9.17) is 5.84 Å². The fourth-order valence-corrected chi connectivity index (χ4v) is 1.12. The summed E-state index contributed by atoms with van der Waals surface area (Å²) < 4.78 is 3.10. The SMILES string of the molecule is CC(=NN)SNc1ccccc1. The van der Waals surface area contributed by atoms with E-state index < -0.39 is 0 Å². The van der Waals surface area contributed by atoms with Gasteiger partial charge in [-0.1, -0.05) is 18.2 Å². The van der Waals surface area contributed by atoms with E-state index in [1.807, 2.05) is 37.3 Å². The molecular formula is C8H11N3S. The number of nitrogens with one attached hydrogen (secondary N) is 1. The third-order valence-electron chi connectivity index (χ3n) is 1.27. The van der Waals surface area contributed by atoms with Gasteiger partial charge in [0.2, 0.25) is 0 Å². The van der Waals surface area contributed by atoms with Crippen molar-refractivity contribution in [2.24, 2.45) is 10.9 Å². The number of rotatable bonds is 2. The van der Waals surface area contributed by atoms with Gasteiger partial charge in [-0.2, -0.15) is 5.10 Å². The minimum absolute atomic E-state index is 0.804. The molecule has 0 aliphatic rings. The van der Waals surface area contributed by atoms with Gasteiger partial charge in [-0.15, -0.1) is 0 Å². The van der Waals surface area contributed by atoms with Crippen molar-refractivity contribution >= 4 is 22.7 Å². The highest BCUT2D eigenvalue weighted by atomic mass is 32.2. The number of anilines is 1. The predicted octanol–water partition coefficient (Wildman–Crippen LogP) is 2.04. The zero-order valence-corrected chi connectivity index (χ0v) is 7.64. The van der Waals surface area contributed by atoms with Crippen molar-refractivity contribution in [2.45, 2.75) is 6.92 Å². The molecule has 3 nitrogen and oxygen atoms in total. The number of hydrogen-bond acceptors (Lipinski definition) is 4. The molecule has 0 aliphatic carbocycles. The molecule has 0 amide bonds. The third kappa shape index (κ3) is 2.84. The molecule has 0 saturated heterocycles. The Bertz CT molecular complexity index is 258. The maximum atomic E-state index is 5.06. The molecule has 1 aromatic rings. The lowest BCUT2D eigenvalue weighted by molar-refractivity contribution is 1.25. The van der Waals surface area contributed by atoms with Gasteiger partial charge >= 0.3 is 0 Å². The first kappa shape index (κ1) is 8.93. The summed E-state index contributed by atoms with van der Waals surface area (Å²) >= 11 is 1.40. The van der Waals surface area contributed by atoms with E-state index in [1.165, 1.54) is 11.9 Å². The quantitative estimate of drug-likeness (QED) is 0.241. The Morgan fingerprint density at radius 3 is 2.67 bits per heavy atom. The van der Waals surface area contributed by atoms with Crippen LogP contribution in [0.4, 0.5) is 5.69 Å². The van der Waals surface area contributed by atoms with Gasteiger partial charge in [0.25, 0.3) is 0 Å². The van der Waals surface area contributed by atoms with Crippen LogP contribution in [0.5, 0.6) is 0 Å². The minimum Gasteiger partial charge on any atom is -0.325 e. The number of hydrazone groups is 1. The van der Waals surface area contributed by atoms with E-state index in [9.17, 15) is 0 Å². The lowest BCUT2D eigenvalue weighted by Crippen LogP contribution is -1.95. The second-order valence-corrected chi connectivity index (χ2v) is 3.22. The summed E-state index contributed by atoms with van der Waals surface area (Å²) in [5.74, 6) is 5.06. The van der Waals surface area contributed by atoms with Crippen molar-refractivity contribution in [1.29, 1.82) is 0 Å². The first-order valence-corrected chi connectivity index (χ1v) is 4.37. The van der Waals surface area contributed by atoms with Crippen LogP contribution in [0.1, 0.15) is 6.92 Å². The van der Waals surface area contributed by atoms with E-state index >= 15 is 0 Å². The Labute approximate surface area is 76.2 Å². The van der Waals surface area contributed by atoms with E-state index in [0.29, 0.717) is 0 Å². The molecule has 0 heterocycles. The third-order valence-corrected chi connectivity index (χ3v) is 2.01. The Hall–Kier alpha value is -1.16. The smallest absolute Gasteiger partial charge is 0.110 e. The first-order valence-electron chi connectivity index (χ1n) is 3.55. The molecule has 64 valence electrons. The van der Waals surface area contributed by atoms with Crippen LogP contribution in [-0.4, -0.2) is 5.04 Å². The van der Waals surface area contributed by atoms with E-state index in [0.717, 1.165) is 10.7 Å². The van der Waals surface area contributed by atoms with Gasteiger partial charge in [0.15, 0.2) is 0 Å². The maximum Gasteiger partial charge on any atom is 0.110 e. The van der Waals surface area contributed by atoms with Gasteiger partial charge in [0.1, 0.15) is 5.04 Å². The molecule has 0 saturated carbocycles. The van der Waals surface area contributed by atoms with Crippen molar-refractivity contribution in [3.8, 4) is 0 Å². The van der Waals surface area contributed by atoms with E-state index in [-0.39, 0.29) is 0 Å². The molecule has 0 aliphatic heterocycles. The molecule has 3 N–H and O–H groups in total. The predicted molar refractivity (Wildman–Crippen MR) is 55.0 cm³/mol. The summed E-state index contributed by atoms with van der Waals surface area (Å²) in [4.78, 5) is 0. The van der Waals surface area contributed by atoms with Gasteiger partial charge in [-0.3, -0.25) is 0 Å². The fourth-order valence-electron chi connectivity index (χ4n) is 0.665. The monoisotopic (exact) mass is 181 g/mol. The highest BCUT2D eigenvalue weighted by molar-refractivity contribution is 8.14. The van der Waals surface area contributed by atoms with Crippen molar-refractivity contribution in [3.05, 3.63) is 30.3 Å². The topological polar surface area (TPSA) is 50.4 Å². The highest BCUT2D eigenvalue weighted by Crippen LogP contribution is 2.11. The molecule has 0 aromatic heterocycles. The minimum atomic E-state index is 0.804. The summed E-state index contributed by atoms with van der Waals surface area (Å²) in [6.07, 6.45) is 0. The summed E-state index contributed by atoms with van der Waals surface area (Å²) in [5.41, 5.74) is 1.05. The Morgan fingerprint density at radius 1 is 1.42 bits per heavy atom. The van der Waals surface area contributed by atoms with Gasteiger partial charge in [-0.05, 0) is 19.1 Å². The molecule has 0 atom stereocenters. The lowest BCUT2D eigenvalue weighted by atomic mass is 10.3. The van der Waals surface area contributed by atoms with Crippen LogP contribution in [-0.2, 0) is 0 Å². The normalized spacial score (nSPS) is 11.2. The second-order valence-electron chi connectivity index (χ2n) is 2.22. The van der Waals surface area contributed by atoms with Crippen LogP contribution >= 0.6 is 11.9 Å². The highest BCUT2D eigenvalue weighted by Gasteiger charge is 1.91. The fraction of sp³-hybridized carbons (Fsp3) is 0.125. The number of nitrogens with two attached hydrogens (primary N) is 1. The molecule has 0 radical (unpaired) electrons. The van der Waals surface area contributed by atoms with Crippen molar-refractivity contribution in [3.63, 3.8) is 0 Å². The molecule has 0 fully saturated rings. The molecule has 12 heavy (non-hydrogen) atoms. The first-order chi connectivity index (χ1) is 5.83. The Morgan fingerprint density at radius 2 is 2.08 bits per heavy atom. The standard InChI is InChI=1S/C8H11N3S/c1-7(10-9)12-11-8-5-3-2-4-6-8/h2-6,11H,9H2,1H3. The lowest BCUT2D eigenvalue weighted by Gasteiger charge is -2.02. The molecular weight excluding hydrogens is 170 g/mol. The summed E-state index contributed by atoms with van der Waals surface area (Å²) in [6.45, 7) is 1.85. The number of benzene rings is 1. The molecule has 1 rings (SSSR count). The van der Waals surface area contributed by atoms with Crippen LogP contribution in [0.15, 0.2) is 35.4 Å². The average Bonchev–Trinajstić information content (AvgIpc) is 2.16. The molecule has 0 unspecified atom stereocenters. The zero-order chi connectivity index (χ0) is 8.81. The Kier molecular flexibility index (Phi) is 3.47. The second kappa shape index (κ2) is 4.66. The molecule has 0 bridgehead atoms. The van der Waals surface area contributed by atoms with Crippen molar-refractivity contribution in [2.75, 3.05) is 4.72 Å². The maximum absolute atomic E-state index is 5.06. The van der Waals surface area contributed by atoms with Crippen LogP contribution < -0.4 is 10.6 Å². The largest absolute Gasteiger partial charge is 0.325 e. The van der Waals surface area contributed by atoms with Crippen LogP contribution in [0.25, 0.3) is 0 Å². The molecule has 0 spiro atoms. The van der Waals surface area contributed by atoms with Crippen LogP contribution in [0.2, 0.25) is 0 Å².